The fourth-order valence-corrected chi connectivity index (χ4v) is 2.41. The molecule has 8 heteroatoms. The summed E-state index contributed by atoms with van der Waals surface area (Å²) in [6.07, 6.45) is 3.48. The minimum Gasteiger partial charge on any atom is -0.437 e. The van der Waals surface area contributed by atoms with Gasteiger partial charge in [0.1, 0.15) is 5.75 Å². The largest absolute Gasteiger partial charge is 0.437 e. The lowest BCUT2D eigenvalue weighted by Crippen LogP contribution is -2.05. The number of halogens is 1. The van der Waals surface area contributed by atoms with E-state index in [-0.39, 0.29) is 0 Å². The standard InChI is InChI=1S/C16H13ClN6O/c1-10-7-8-23(21-10)16-19-14-13(18-9-22(14)2)15(20-16)24-12-5-3-11(17)4-6-12/h3-9H,1-2H3. The number of aromatic nitrogens is 6. The molecule has 0 N–H and O–H groups in total. The van der Waals surface area contributed by atoms with E-state index in [1.165, 1.54) is 0 Å². The van der Waals surface area contributed by atoms with Crippen molar-refractivity contribution in [3.8, 4) is 17.6 Å². The molecule has 0 amide bonds. The maximum Gasteiger partial charge on any atom is 0.255 e. The predicted octanol–water partition coefficient (Wildman–Crippen LogP) is 3.30. The quantitative estimate of drug-likeness (QED) is 0.572. The maximum absolute atomic E-state index is 5.91. The third kappa shape index (κ3) is 2.59. The lowest BCUT2D eigenvalue weighted by molar-refractivity contribution is 0.465. The monoisotopic (exact) mass is 340 g/mol. The molecule has 0 aliphatic heterocycles. The number of fused-ring (bicyclic) bond motifs is 1. The summed E-state index contributed by atoms with van der Waals surface area (Å²) in [4.78, 5) is 13.3. The van der Waals surface area contributed by atoms with Crippen molar-refractivity contribution in [1.29, 1.82) is 0 Å². The summed E-state index contributed by atoms with van der Waals surface area (Å²) in [5.74, 6) is 1.40. The molecule has 1 aromatic carbocycles. The van der Waals surface area contributed by atoms with Crippen LogP contribution in [0.1, 0.15) is 5.69 Å². The number of hydrogen-bond donors (Lipinski definition) is 0. The Balaban J connectivity index is 1.85. The van der Waals surface area contributed by atoms with Crippen LogP contribution in [0.15, 0.2) is 42.9 Å². The number of benzene rings is 1. The summed E-state index contributed by atoms with van der Waals surface area (Å²) in [6, 6.07) is 8.95. The molecule has 120 valence electrons. The molecule has 0 aliphatic carbocycles. The van der Waals surface area contributed by atoms with Crippen molar-refractivity contribution in [2.24, 2.45) is 7.05 Å². The van der Waals surface area contributed by atoms with Crippen molar-refractivity contribution in [3.05, 3.63) is 53.6 Å². The Hall–Kier alpha value is -2.93. The fourth-order valence-electron chi connectivity index (χ4n) is 2.28. The van der Waals surface area contributed by atoms with E-state index in [0.29, 0.717) is 33.8 Å². The third-order valence-electron chi connectivity index (χ3n) is 3.47. The lowest BCUT2D eigenvalue weighted by atomic mass is 10.3. The molecule has 24 heavy (non-hydrogen) atoms. The van der Waals surface area contributed by atoms with Crippen LogP contribution in [0, 0.1) is 6.92 Å². The van der Waals surface area contributed by atoms with Crippen LogP contribution < -0.4 is 4.74 Å². The first-order chi connectivity index (χ1) is 11.6. The topological polar surface area (TPSA) is 70.7 Å². The molecule has 4 rings (SSSR count). The van der Waals surface area contributed by atoms with Gasteiger partial charge in [-0.25, -0.2) is 9.67 Å². The van der Waals surface area contributed by atoms with Crippen LogP contribution >= 0.6 is 11.6 Å². The second-order valence-electron chi connectivity index (χ2n) is 5.31. The van der Waals surface area contributed by atoms with E-state index in [2.05, 4.69) is 20.1 Å². The van der Waals surface area contributed by atoms with Gasteiger partial charge in [-0.15, -0.1) is 0 Å². The summed E-state index contributed by atoms with van der Waals surface area (Å²) in [6.45, 7) is 1.91. The van der Waals surface area contributed by atoms with Crippen molar-refractivity contribution in [2.75, 3.05) is 0 Å². The Labute approximate surface area is 142 Å². The normalized spacial score (nSPS) is 11.1. The van der Waals surface area contributed by atoms with Gasteiger partial charge in [0.25, 0.3) is 11.8 Å². The summed E-state index contributed by atoms with van der Waals surface area (Å²) < 4.78 is 9.32. The van der Waals surface area contributed by atoms with Gasteiger partial charge in [0.05, 0.1) is 12.0 Å². The molecule has 0 bridgehead atoms. The van der Waals surface area contributed by atoms with E-state index in [4.69, 9.17) is 16.3 Å². The van der Waals surface area contributed by atoms with Gasteiger partial charge in [0.15, 0.2) is 11.2 Å². The summed E-state index contributed by atoms with van der Waals surface area (Å²) in [5.41, 5.74) is 2.13. The molecule has 7 nitrogen and oxygen atoms in total. The minimum atomic E-state index is 0.367. The highest BCUT2D eigenvalue weighted by molar-refractivity contribution is 6.30. The maximum atomic E-state index is 5.91. The number of rotatable bonds is 3. The SMILES string of the molecule is Cc1ccn(-c2nc(Oc3ccc(Cl)cc3)c3ncn(C)c3n2)n1. The number of aryl methyl sites for hydroxylation is 2. The molecule has 0 spiro atoms. The van der Waals surface area contributed by atoms with Crippen molar-refractivity contribution in [3.63, 3.8) is 0 Å². The first-order valence-corrected chi connectivity index (χ1v) is 7.63. The average molecular weight is 341 g/mol. The van der Waals surface area contributed by atoms with Crippen molar-refractivity contribution >= 4 is 22.8 Å². The van der Waals surface area contributed by atoms with E-state index in [1.54, 1.807) is 41.5 Å². The van der Waals surface area contributed by atoms with E-state index in [0.717, 1.165) is 5.69 Å². The molecule has 0 saturated carbocycles. The van der Waals surface area contributed by atoms with Crippen LogP contribution in [0.2, 0.25) is 5.02 Å². The Kier molecular flexibility index (Phi) is 3.42. The van der Waals surface area contributed by atoms with Gasteiger partial charge in [0, 0.05) is 18.3 Å². The molecule has 4 aromatic rings. The van der Waals surface area contributed by atoms with Crippen molar-refractivity contribution < 1.29 is 4.74 Å². The minimum absolute atomic E-state index is 0.367. The number of nitrogens with zero attached hydrogens (tertiary/aromatic N) is 6. The molecule has 0 atom stereocenters. The first-order valence-electron chi connectivity index (χ1n) is 7.25. The van der Waals surface area contributed by atoms with Crippen LogP contribution in [0.3, 0.4) is 0 Å². The average Bonchev–Trinajstić information content (AvgIpc) is 3.16. The molecule has 3 heterocycles. The van der Waals surface area contributed by atoms with E-state index < -0.39 is 0 Å². The van der Waals surface area contributed by atoms with Crippen LogP contribution in [0.5, 0.6) is 11.6 Å². The summed E-state index contributed by atoms with van der Waals surface area (Å²) in [5, 5.41) is 4.99. The van der Waals surface area contributed by atoms with Crippen molar-refractivity contribution in [2.45, 2.75) is 6.92 Å². The Bertz CT molecular complexity index is 1020. The molecule has 0 fully saturated rings. The number of ether oxygens (including phenoxy) is 1. The second-order valence-corrected chi connectivity index (χ2v) is 5.75. The van der Waals surface area contributed by atoms with E-state index >= 15 is 0 Å². The lowest BCUT2D eigenvalue weighted by Gasteiger charge is -2.08. The first kappa shape index (κ1) is 14.6. The smallest absolute Gasteiger partial charge is 0.255 e. The van der Waals surface area contributed by atoms with E-state index in [9.17, 15) is 0 Å². The molecule has 0 aliphatic rings. The summed E-state index contributed by atoms with van der Waals surface area (Å²) >= 11 is 5.91. The van der Waals surface area contributed by atoms with Gasteiger partial charge in [-0.05, 0) is 37.3 Å². The predicted molar refractivity (Wildman–Crippen MR) is 89.7 cm³/mol. The molecule has 0 unspecified atom stereocenters. The van der Waals surface area contributed by atoms with Crippen LogP contribution in [-0.2, 0) is 7.05 Å². The van der Waals surface area contributed by atoms with E-state index in [1.807, 2.05) is 24.6 Å². The van der Waals surface area contributed by atoms with Gasteiger partial charge in [-0.2, -0.15) is 15.1 Å². The molecule has 3 aromatic heterocycles. The molecular weight excluding hydrogens is 328 g/mol. The van der Waals surface area contributed by atoms with Crippen molar-refractivity contribution in [1.82, 2.24) is 29.3 Å². The van der Waals surface area contributed by atoms with Crippen LogP contribution in [-0.4, -0.2) is 29.3 Å². The van der Waals surface area contributed by atoms with Gasteiger partial charge in [-0.3, -0.25) is 0 Å². The second kappa shape index (κ2) is 5.61. The highest BCUT2D eigenvalue weighted by atomic mass is 35.5. The Morgan fingerprint density at radius 2 is 1.88 bits per heavy atom. The number of imidazole rings is 1. The zero-order chi connectivity index (χ0) is 16.7. The Morgan fingerprint density at radius 1 is 1.08 bits per heavy atom. The van der Waals surface area contributed by atoms with Crippen LogP contribution in [0.4, 0.5) is 0 Å². The van der Waals surface area contributed by atoms with Gasteiger partial charge in [-0.1, -0.05) is 11.6 Å². The third-order valence-corrected chi connectivity index (χ3v) is 3.72. The number of hydrogen-bond acceptors (Lipinski definition) is 5. The van der Waals surface area contributed by atoms with Gasteiger partial charge >= 0.3 is 0 Å². The van der Waals surface area contributed by atoms with Gasteiger partial charge < -0.3 is 9.30 Å². The molecular formula is C16H13ClN6O. The van der Waals surface area contributed by atoms with Crippen LogP contribution in [0.25, 0.3) is 17.1 Å². The highest BCUT2D eigenvalue weighted by Crippen LogP contribution is 2.27. The Morgan fingerprint density at radius 3 is 2.58 bits per heavy atom. The highest BCUT2D eigenvalue weighted by Gasteiger charge is 2.15. The molecule has 0 radical (unpaired) electrons. The molecule has 0 saturated heterocycles. The zero-order valence-corrected chi connectivity index (χ0v) is 13.8. The fraction of sp³-hybridized carbons (Fsp3) is 0.125. The zero-order valence-electron chi connectivity index (χ0n) is 13.0. The van der Waals surface area contributed by atoms with Gasteiger partial charge in [0.2, 0.25) is 0 Å². The summed E-state index contributed by atoms with van der Waals surface area (Å²) in [7, 11) is 1.87.